The van der Waals surface area contributed by atoms with Crippen LogP contribution in [0.2, 0.25) is 0 Å². The summed E-state index contributed by atoms with van der Waals surface area (Å²) in [5.74, 6) is 0.683. The van der Waals surface area contributed by atoms with Gasteiger partial charge >= 0.3 is 5.97 Å². The standard InChI is InChI=1S/C17H29NO2/c1-4-20-16(19)13-14-9-11-17(12-10-14,18(2)3)15-7-5-6-8-15/h13,15H,4-12H2,1-3H3. The third-order valence-corrected chi connectivity index (χ3v) is 5.37. The number of hydrogen-bond acceptors (Lipinski definition) is 3. The van der Waals surface area contributed by atoms with Gasteiger partial charge in [-0.3, -0.25) is 0 Å². The van der Waals surface area contributed by atoms with Gasteiger partial charge < -0.3 is 9.64 Å². The molecule has 0 unspecified atom stereocenters. The van der Waals surface area contributed by atoms with Crippen molar-refractivity contribution in [1.82, 2.24) is 4.90 Å². The van der Waals surface area contributed by atoms with Crippen LogP contribution in [0.15, 0.2) is 11.6 Å². The third kappa shape index (κ3) is 3.25. The van der Waals surface area contributed by atoms with Gasteiger partial charge in [-0.2, -0.15) is 0 Å². The predicted octanol–water partition coefficient (Wildman–Crippen LogP) is 3.54. The van der Waals surface area contributed by atoms with Gasteiger partial charge in [0, 0.05) is 11.6 Å². The topological polar surface area (TPSA) is 29.5 Å². The highest BCUT2D eigenvalue weighted by molar-refractivity contribution is 5.82. The molecule has 114 valence electrons. The second kappa shape index (κ2) is 6.75. The quantitative estimate of drug-likeness (QED) is 0.582. The molecule has 0 aliphatic heterocycles. The molecular formula is C17H29NO2. The monoisotopic (exact) mass is 279 g/mol. The summed E-state index contributed by atoms with van der Waals surface area (Å²) in [7, 11) is 4.47. The Balaban J connectivity index is 2.01. The van der Waals surface area contributed by atoms with Crippen LogP contribution in [0.3, 0.4) is 0 Å². The first-order valence-electron chi connectivity index (χ1n) is 8.12. The van der Waals surface area contributed by atoms with Crippen LogP contribution in [0.5, 0.6) is 0 Å². The number of carbonyl (C=O) groups is 1. The normalized spacial score (nSPS) is 27.9. The summed E-state index contributed by atoms with van der Waals surface area (Å²) in [4.78, 5) is 14.0. The van der Waals surface area contributed by atoms with E-state index in [-0.39, 0.29) is 5.97 Å². The first-order valence-corrected chi connectivity index (χ1v) is 8.12. The van der Waals surface area contributed by atoms with Crippen LogP contribution in [-0.2, 0) is 9.53 Å². The molecule has 0 saturated heterocycles. The zero-order valence-corrected chi connectivity index (χ0v) is 13.3. The Morgan fingerprint density at radius 3 is 2.40 bits per heavy atom. The fourth-order valence-corrected chi connectivity index (χ4v) is 4.18. The van der Waals surface area contributed by atoms with E-state index in [0.717, 1.165) is 18.8 Å². The Labute approximate surface area is 123 Å². The van der Waals surface area contributed by atoms with Crippen molar-refractivity contribution >= 4 is 5.97 Å². The number of carbonyl (C=O) groups excluding carboxylic acids is 1. The van der Waals surface area contributed by atoms with E-state index in [1.165, 1.54) is 44.1 Å². The molecule has 2 rings (SSSR count). The fourth-order valence-electron chi connectivity index (χ4n) is 4.18. The third-order valence-electron chi connectivity index (χ3n) is 5.37. The predicted molar refractivity (Wildman–Crippen MR) is 81.6 cm³/mol. The van der Waals surface area contributed by atoms with Crippen molar-refractivity contribution in [2.45, 2.75) is 63.8 Å². The number of ether oxygens (including phenoxy) is 1. The van der Waals surface area contributed by atoms with E-state index < -0.39 is 0 Å². The van der Waals surface area contributed by atoms with Gasteiger partial charge in [0.25, 0.3) is 0 Å². The van der Waals surface area contributed by atoms with Crippen molar-refractivity contribution in [3.8, 4) is 0 Å². The summed E-state index contributed by atoms with van der Waals surface area (Å²) < 4.78 is 5.02. The lowest BCUT2D eigenvalue weighted by Gasteiger charge is -2.48. The van der Waals surface area contributed by atoms with E-state index in [1.807, 2.05) is 6.92 Å². The molecule has 2 aliphatic carbocycles. The summed E-state index contributed by atoms with van der Waals surface area (Å²) in [6.07, 6.45) is 11.8. The molecule has 2 fully saturated rings. The number of esters is 1. The number of allylic oxidation sites excluding steroid dienone is 1. The molecule has 2 saturated carbocycles. The lowest BCUT2D eigenvalue weighted by atomic mass is 9.69. The molecule has 0 radical (unpaired) electrons. The van der Waals surface area contributed by atoms with Gasteiger partial charge in [-0.25, -0.2) is 4.79 Å². The molecule has 20 heavy (non-hydrogen) atoms. The minimum absolute atomic E-state index is 0.166. The molecule has 0 aromatic rings. The van der Waals surface area contributed by atoms with E-state index in [9.17, 15) is 4.79 Å². The lowest BCUT2D eigenvalue weighted by molar-refractivity contribution is -0.137. The Kier molecular flexibility index (Phi) is 5.25. The molecule has 0 heterocycles. The second-order valence-corrected chi connectivity index (χ2v) is 6.53. The van der Waals surface area contributed by atoms with Gasteiger partial charge in [-0.05, 0) is 65.5 Å². The second-order valence-electron chi connectivity index (χ2n) is 6.53. The van der Waals surface area contributed by atoms with Gasteiger partial charge in [0.05, 0.1) is 6.61 Å². The smallest absolute Gasteiger partial charge is 0.330 e. The van der Waals surface area contributed by atoms with Crippen LogP contribution in [0, 0.1) is 5.92 Å². The molecule has 0 N–H and O–H groups in total. The Morgan fingerprint density at radius 2 is 1.90 bits per heavy atom. The van der Waals surface area contributed by atoms with Crippen molar-refractivity contribution < 1.29 is 9.53 Å². The largest absolute Gasteiger partial charge is 0.463 e. The fraction of sp³-hybridized carbons (Fsp3) is 0.824. The van der Waals surface area contributed by atoms with Crippen LogP contribution in [0.1, 0.15) is 58.3 Å². The first kappa shape index (κ1) is 15.6. The summed E-state index contributed by atoms with van der Waals surface area (Å²) in [6, 6.07) is 0. The molecule has 3 heteroatoms. The molecule has 0 amide bonds. The van der Waals surface area contributed by atoms with E-state index in [1.54, 1.807) is 6.08 Å². The molecule has 2 aliphatic rings. The molecular weight excluding hydrogens is 250 g/mol. The minimum Gasteiger partial charge on any atom is -0.463 e. The SMILES string of the molecule is CCOC(=O)C=C1CCC(C2CCCC2)(N(C)C)CC1. The summed E-state index contributed by atoms with van der Waals surface area (Å²) in [6.45, 7) is 2.32. The zero-order valence-electron chi connectivity index (χ0n) is 13.3. The van der Waals surface area contributed by atoms with Crippen molar-refractivity contribution in [2.75, 3.05) is 20.7 Å². The van der Waals surface area contributed by atoms with Crippen LogP contribution in [0.4, 0.5) is 0 Å². The van der Waals surface area contributed by atoms with Crippen molar-refractivity contribution in [3.05, 3.63) is 11.6 Å². The van der Waals surface area contributed by atoms with Crippen molar-refractivity contribution in [3.63, 3.8) is 0 Å². The van der Waals surface area contributed by atoms with E-state index in [0.29, 0.717) is 12.1 Å². The average molecular weight is 279 g/mol. The highest BCUT2D eigenvalue weighted by Gasteiger charge is 2.43. The lowest BCUT2D eigenvalue weighted by Crippen LogP contribution is -2.51. The molecule has 3 nitrogen and oxygen atoms in total. The maximum absolute atomic E-state index is 11.6. The van der Waals surface area contributed by atoms with Gasteiger partial charge in [-0.15, -0.1) is 0 Å². The average Bonchev–Trinajstić information content (AvgIpc) is 2.94. The first-order chi connectivity index (χ1) is 9.58. The van der Waals surface area contributed by atoms with Crippen LogP contribution in [-0.4, -0.2) is 37.1 Å². The highest BCUT2D eigenvalue weighted by Crippen LogP contribution is 2.46. The van der Waals surface area contributed by atoms with Gasteiger partial charge in [-0.1, -0.05) is 18.4 Å². The number of hydrogen-bond donors (Lipinski definition) is 0. The van der Waals surface area contributed by atoms with E-state index in [2.05, 4.69) is 19.0 Å². The van der Waals surface area contributed by atoms with Gasteiger partial charge in [0.2, 0.25) is 0 Å². The van der Waals surface area contributed by atoms with Gasteiger partial charge in [0.1, 0.15) is 0 Å². The summed E-state index contributed by atoms with van der Waals surface area (Å²) in [5, 5.41) is 0. The minimum atomic E-state index is -0.166. The maximum atomic E-state index is 11.6. The van der Waals surface area contributed by atoms with Crippen molar-refractivity contribution in [2.24, 2.45) is 5.92 Å². The van der Waals surface area contributed by atoms with E-state index >= 15 is 0 Å². The molecule has 0 atom stereocenters. The Morgan fingerprint density at radius 1 is 1.30 bits per heavy atom. The zero-order chi connectivity index (χ0) is 14.6. The molecule has 0 bridgehead atoms. The Hall–Kier alpha value is -0.830. The summed E-state index contributed by atoms with van der Waals surface area (Å²) in [5.41, 5.74) is 1.64. The maximum Gasteiger partial charge on any atom is 0.330 e. The molecule has 0 aromatic carbocycles. The highest BCUT2D eigenvalue weighted by atomic mass is 16.5. The van der Waals surface area contributed by atoms with Crippen LogP contribution in [0.25, 0.3) is 0 Å². The van der Waals surface area contributed by atoms with Crippen LogP contribution >= 0.6 is 0 Å². The molecule has 0 spiro atoms. The number of rotatable bonds is 4. The van der Waals surface area contributed by atoms with E-state index in [4.69, 9.17) is 4.74 Å². The summed E-state index contributed by atoms with van der Waals surface area (Å²) >= 11 is 0. The number of nitrogens with zero attached hydrogens (tertiary/aromatic N) is 1. The van der Waals surface area contributed by atoms with Gasteiger partial charge in [0.15, 0.2) is 0 Å². The molecule has 0 aromatic heterocycles. The van der Waals surface area contributed by atoms with Crippen LogP contribution < -0.4 is 0 Å². The van der Waals surface area contributed by atoms with Crippen molar-refractivity contribution in [1.29, 1.82) is 0 Å². The Bertz CT molecular complexity index is 357.